The zero-order chi connectivity index (χ0) is 17.5. The Bertz CT molecular complexity index is 697. The molecule has 2 aromatic rings. The van der Waals surface area contributed by atoms with Crippen LogP contribution in [0.2, 0.25) is 0 Å². The van der Waals surface area contributed by atoms with Crippen LogP contribution in [-0.4, -0.2) is 22.3 Å². The van der Waals surface area contributed by atoms with Gasteiger partial charge in [-0.05, 0) is 30.2 Å². The van der Waals surface area contributed by atoms with Crippen LogP contribution < -0.4 is 0 Å². The Balaban J connectivity index is 2.15. The average molecular weight is 334 g/mol. The molecule has 0 radical (unpaired) electrons. The summed E-state index contributed by atoms with van der Waals surface area (Å²) in [6.07, 6.45) is 2.78. The number of halogens is 1. The molecular formula is C17H19FN2O4. The monoisotopic (exact) mass is 334 g/mol. The molecule has 1 amide bonds. The van der Waals surface area contributed by atoms with E-state index < -0.39 is 16.7 Å². The maximum Gasteiger partial charge on any atom is 0.433 e. The third-order valence-electron chi connectivity index (χ3n) is 3.59. The van der Waals surface area contributed by atoms with Crippen LogP contribution in [0.3, 0.4) is 0 Å². The Hall–Kier alpha value is -2.70. The second-order valence-electron chi connectivity index (χ2n) is 5.46. The molecule has 6 nitrogen and oxygen atoms in total. The van der Waals surface area contributed by atoms with Crippen molar-refractivity contribution in [3.05, 3.63) is 63.7 Å². The molecule has 2 rings (SSSR count). The smallest absolute Gasteiger partial charge is 0.395 e. The van der Waals surface area contributed by atoms with Gasteiger partial charge < -0.3 is 9.32 Å². The number of amides is 1. The van der Waals surface area contributed by atoms with Gasteiger partial charge in [0, 0.05) is 13.1 Å². The highest BCUT2D eigenvalue weighted by molar-refractivity contribution is 5.91. The van der Waals surface area contributed by atoms with E-state index in [4.69, 9.17) is 4.42 Å². The Morgan fingerprint density at radius 1 is 1.21 bits per heavy atom. The summed E-state index contributed by atoms with van der Waals surface area (Å²) in [7, 11) is 0. The predicted molar refractivity (Wildman–Crippen MR) is 86.0 cm³/mol. The Morgan fingerprint density at radius 3 is 2.50 bits per heavy atom. The van der Waals surface area contributed by atoms with Gasteiger partial charge in [0.15, 0.2) is 5.76 Å². The number of hydrogen-bond acceptors (Lipinski definition) is 4. The minimum absolute atomic E-state index is 0.0692. The van der Waals surface area contributed by atoms with Gasteiger partial charge in [-0.25, -0.2) is 4.39 Å². The summed E-state index contributed by atoms with van der Waals surface area (Å²) < 4.78 is 18.0. The van der Waals surface area contributed by atoms with Gasteiger partial charge in [-0.1, -0.05) is 31.9 Å². The number of nitro groups is 1. The second-order valence-corrected chi connectivity index (χ2v) is 5.46. The summed E-state index contributed by atoms with van der Waals surface area (Å²) in [6.45, 7) is 2.85. The summed E-state index contributed by atoms with van der Waals surface area (Å²) in [5, 5.41) is 10.7. The first-order chi connectivity index (χ1) is 11.5. The molecule has 0 aliphatic rings. The first-order valence-electron chi connectivity index (χ1n) is 7.79. The van der Waals surface area contributed by atoms with E-state index in [0.29, 0.717) is 6.54 Å². The number of unbranched alkanes of at least 4 members (excludes halogenated alkanes) is 2. The van der Waals surface area contributed by atoms with Crippen LogP contribution in [-0.2, 0) is 6.54 Å². The van der Waals surface area contributed by atoms with Gasteiger partial charge in [0.25, 0.3) is 5.91 Å². The van der Waals surface area contributed by atoms with E-state index in [1.54, 1.807) is 17.0 Å². The van der Waals surface area contributed by atoms with Crippen molar-refractivity contribution in [2.24, 2.45) is 0 Å². The fraction of sp³-hybridized carbons (Fsp3) is 0.353. The van der Waals surface area contributed by atoms with E-state index >= 15 is 0 Å². The molecule has 0 fully saturated rings. The molecule has 1 aromatic carbocycles. The summed E-state index contributed by atoms with van der Waals surface area (Å²) in [6, 6.07) is 8.36. The molecule has 0 N–H and O–H groups in total. The molecule has 128 valence electrons. The zero-order valence-corrected chi connectivity index (χ0v) is 13.4. The van der Waals surface area contributed by atoms with E-state index in [2.05, 4.69) is 6.92 Å². The highest BCUT2D eigenvalue weighted by Crippen LogP contribution is 2.19. The highest BCUT2D eigenvalue weighted by Gasteiger charge is 2.22. The summed E-state index contributed by atoms with van der Waals surface area (Å²) >= 11 is 0. The van der Waals surface area contributed by atoms with Crippen LogP contribution in [0.15, 0.2) is 40.8 Å². The SMILES string of the molecule is CCCCCN(Cc1ccc(F)cc1)C(=O)c1ccc([N+](=O)[O-])o1. The van der Waals surface area contributed by atoms with Gasteiger partial charge in [0.2, 0.25) is 0 Å². The standard InChI is InChI=1S/C17H19FN2O4/c1-2-3-4-11-19(12-13-5-7-14(18)8-6-13)17(21)15-9-10-16(24-15)20(22)23/h5-10H,2-4,11-12H2,1H3. The fourth-order valence-corrected chi connectivity index (χ4v) is 2.31. The fourth-order valence-electron chi connectivity index (χ4n) is 2.31. The molecule has 0 atom stereocenters. The largest absolute Gasteiger partial charge is 0.433 e. The van der Waals surface area contributed by atoms with Crippen molar-refractivity contribution < 1.29 is 18.5 Å². The number of carbonyl (C=O) groups excluding carboxylic acids is 1. The minimum Gasteiger partial charge on any atom is -0.395 e. The van der Waals surface area contributed by atoms with Crippen molar-refractivity contribution in [2.45, 2.75) is 32.7 Å². The normalized spacial score (nSPS) is 10.6. The number of hydrogen-bond donors (Lipinski definition) is 0. The molecule has 0 saturated carbocycles. The molecular weight excluding hydrogens is 315 g/mol. The van der Waals surface area contributed by atoms with Crippen LogP contribution in [0, 0.1) is 15.9 Å². The first-order valence-corrected chi connectivity index (χ1v) is 7.79. The van der Waals surface area contributed by atoms with Crippen LogP contribution in [0.5, 0.6) is 0 Å². The van der Waals surface area contributed by atoms with Crippen LogP contribution in [0.25, 0.3) is 0 Å². The van der Waals surface area contributed by atoms with Gasteiger partial charge in [-0.2, -0.15) is 0 Å². The topological polar surface area (TPSA) is 76.6 Å². The lowest BCUT2D eigenvalue weighted by atomic mass is 10.2. The van der Waals surface area contributed by atoms with Crippen molar-refractivity contribution in [3.8, 4) is 0 Å². The molecule has 7 heteroatoms. The third-order valence-corrected chi connectivity index (χ3v) is 3.59. The molecule has 0 aliphatic carbocycles. The lowest BCUT2D eigenvalue weighted by Crippen LogP contribution is -2.31. The second kappa shape index (κ2) is 8.24. The molecule has 1 heterocycles. The van der Waals surface area contributed by atoms with Crippen molar-refractivity contribution in [2.75, 3.05) is 6.54 Å². The van der Waals surface area contributed by atoms with E-state index in [1.165, 1.54) is 18.2 Å². The van der Waals surface area contributed by atoms with Crippen molar-refractivity contribution in [1.82, 2.24) is 4.90 Å². The molecule has 0 saturated heterocycles. The maximum absolute atomic E-state index is 13.0. The number of benzene rings is 1. The van der Waals surface area contributed by atoms with Gasteiger partial charge in [0.1, 0.15) is 10.7 Å². The van der Waals surface area contributed by atoms with E-state index in [9.17, 15) is 19.3 Å². The van der Waals surface area contributed by atoms with Gasteiger partial charge in [-0.3, -0.25) is 14.9 Å². The molecule has 0 unspecified atom stereocenters. The molecule has 0 spiro atoms. The third kappa shape index (κ3) is 4.65. The number of carbonyl (C=O) groups is 1. The van der Waals surface area contributed by atoms with E-state index in [-0.39, 0.29) is 18.1 Å². The van der Waals surface area contributed by atoms with Crippen molar-refractivity contribution in [3.63, 3.8) is 0 Å². The van der Waals surface area contributed by atoms with Crippen molar-refractivity contribution in [1.29, 1.82) is 0 Å². The number of rotatable bonds is 8. The van der Waals surface area contributed by atoms with Crippen molar-refractivity contribution >= 4 is 11.8 Å². The summed E-state index contributed by atoms with van der Waals surface area (Å²) in [5.74, 6) is -1.29. The quantitative estimate of drug-likeness (QED) is 0.412. The number of furan rings is 1. The van der Waals surface area contributed by atoms with Crippen LogP contribution in [0.1, 0.15) is 42.3 Å². The van der Waals surface area contributed by atoms with Crippen LogP contribution in [0.4, 0.5) is 10.3 Å². The summed E-state index contributed by atoms with van der Waals surface area (Å²) in [4.78, 5) is 24.2. The maximum atomic E-state index is 13.0. The van der Waals surface area contributed by atoms with Gasteiger partial charge in [0.05, 0.1) is 6.07 Å². The molecule has 24 heavy (non-hydrogen) atoms. The van der Waals surface area contributed by atoms with Gasteiger partial charge in [-0.15, -0.1) is 0 Å². The lowest BCUT2D eigenvalue weighted by Gasteiger charge is -2.21. The highest BCUT2D eigenvalue weighted by atomic mass is 19.1. The molecule has 1 aromatic heterocycles. The average Bonchev–Trinajstić information content (AvgIpc) is 3.05. The minimum atomic E-state index is -0.682. The zero-order valence-electron chi connectivity index (χ0n) is 13.4. The predicted octanol–water partition coefficient (Wildman–Crippen LogP) is 4.16. The molecule has 0 aliphatic heterocycles. The van der Waals surface area contributed by atoms with E-state index in [0.717, 1.165) is 30.9 Å². The lowest BCUT2D eigenvalue weighted by molar-refractivity contribution is -0.402. The Kier molecular flexibility index (Phi) is 6.06. The van der Waals surface area contributed by atoms with E-state index in [1.807, 2.05) is 0 Å². The van der Waals surface area contributed by atoms with Crippen LogP contribution >= 0.6 is 0 Å². The molecule has 0 bridgehead atoms. The Morgan fingerprint density at radius 2 is 1.92 bits per heavy atom. The Labute approximate surface area is 139 Å². The van der Waals surface area contributed by atoms with Gasteiger partial charge >= 0.3 is 5.88 Å². The summed E-state index contributed by atoms with van der Waals surface area (Å²) in [5.41, 5.74) is 0.780. The first kappa shape index (κ1) is 17.7. The number of nitrogens with zero attached hydrogens (tertiary/aromatic N) is 2.